The third-order valence-corrected chi connectivity index (χ3v) is 4.04. The lowest BCUT2D eigenvalue weighted by atomic mass is 9.92. The predicted molar refractivity (Wildman–Crippen MR) is 106 cm³/mol. The SMILES string of the molecule is C=C(C(=CC)C(=O)OCC)C(c1cccc(NCCCC)c1)N(C)C. The third kappa shape index (κ3) is 6.05. The van der Waals surface area contributed by atoms with Crippen molar-refractivity contribution in [1.29, 1.82) is 0 Å². The Morgan fingerprint density at radius 1 is 1.36 bits per heavy atom. The van der Waals surface area contributed by atoms with Crippen LogP contribution < -0.4 is 5.32 Å². The minimum atomic E-state index is -0.320. The number of hydrogen-bond donors (Lipinski definition) is 1. The molecule has 1 rings (SSSR count). The van der Waals surface area contributed by atoms with Crippen molar-refractivity contribution in [3.05, 3.63) is 53.6 Å². The monoisotopic (exact) mass is 344 g/mol. The lowest BCUT2D eigenvalue weighted by Gasteiger charge is -2.28. The van der Waals surface area contributed by atoms with Crippen LogP contribution in [0.25, 0.3) is 0 Å². The molecule has 0 aliphatic carbocycles. The van der Waals surface area contributed by atoms with Crippen molar-refractivity contribution in [3.8, 4) is 0 Å². The molecular formula is C21H32N2O2. The van der Waals surface area contributed by atoms with E-state index in [1.807, 2.05) is 34.0 Å². The molecule has 0 radical (unpaired) electrons. The van der Waals surface area contributed by atoms with Gasteiger partial charge in [0.15, 0.2) is 0 Å². The highest BCUT2D eigenvalue weighted by atomic mass is 16.5. The zero-order valence-electron chi connectivity index (χ0n) is 16.3. The number of ether oxygens (including phenoxy) is 1. The standard InChI is InChI=1S/C21H32N2O2/c1-7-10-14-22-18-13-11-12-17(15-18)20(23(5)6)16(4)19(8-2)21(24)25-9-3/h8,11-13,15,20,22H,4,7,9-10,14H2,1-3,5-6H3. The van der Waals surface area contributed by atoms with E-state index < -0.39 is 0 Å². The molecule has 25 heavy (non-hydrogen) atoms. The van der Waals surface area contributed by atoms with E-state index in [0.29, 0.717) is 12.2 Å². The van der Waals surface area contributed by atoms with Crippen LogP contribution in [0.15, 0.2) is 48.1 Å². The molecule has 1 unspecified atom stereocenters. The van der Waals surface area contributed by atoms with Crippen LogP contribution in [-0.2, 0) is 9.53 Å². The Hall–Kier alpha value is -2.07. The molecule has 0 spiro atoms. The van der Waals surface area contributed by atoms with Crippen LogP contribution in [0.1, 0.15) is 45.2 Å². The molecule has 1 atom stereocenters. The first-order valence-corrected chi connectivity index (χ1v) is 8.99. The van der Waals surface area contributed by atoms with Crippen molar-refractivity contribution < 1.29 is 9.53 Å². The summed E-state index contributed by atoms with van der Waals surface area (Å²) in [5.41, 5.74) is 3.46. The van der Waals surface area contributed by atoms with Crippen LogP contribution >= 0.6 is 0 Å². The molecule has 0 saturated heterocycles. The summed E-state index contributed by atoms with van der Waals surface area (Å²) in [7, 11) is 3.98. The molecule has 0 aliphatic heterocycles. The lowest BCUT2D eigenvalue weighted by Crippen LogP contribution is -2.25. The van der Waals surface area contributed by atoms with Crippen molar-refractivity contribution in [1.82, 2.24) is 4.90 Å². The van der Waals surface area contributed by atoms with Gasteiger partial charge in [-0.25, -0.2) is 4.79 Å². The number of esters is 1. The molecule has 1 N–H and O–H groups in total. The molecule has 0 amide bonds. The van der Waals surface area contributed by atoms with Gasteiger partial charge in [0.25, 0.3) is 0 Å². The molecule has 4 heteroatoms. The second kappa shape index (κ2) is 10.7. The summed E-state index contributed by atoms with van der Waals surface area (Å²) in [6.45, 7) is 11.3. The molecule has 0 aliphatic rings. The summed E-state index contributed by atoms with van der Waals surface area (Å²) in [5.74, 6) is -0.320. The number of nitrogens with one attached hydrogen (secondary N) is 1. The summed E-state index contributed by atoms with van der Waals surface area (Å²) in [6, 6.07) is 8.20. The van der Waals surface area contributed by atoms with E-state index in [1.54, 1.807) is 6.08 Å². The first-order valence-electron chi connectivity index (χ1n) is 8.99. The Morgan fingerprint density at radius 3 is 2.64 bits per heavy atom. The van der Waals surface area contributed by atoms with Crippen LogP contribution in [-0.4, -0.2) is 38.1 Å². The van der Waals surface area contributed by atoms with Gasteiger partial charge in [0.1, 0.15) is 0 Å². The average Bonchev–Trinajstić information content (AvgIpc) is 2.56. The molecule has 0 heterocycles. The minimum Gasteiger partial charge on any atom is -0.462 e. The molecule has 1 aromatic carbocycles. The fourth-order valence-electron chi connectivity index (χ4n) is 2.83. The van der Waals surface area contributed by atoms with Gasteiger partial charge in [-0.2, -0.15) is 0 Å². The Kier molecular flexibility index (Phi) is 9.00. The van der Waals surface area contributed by atoms with Gasteiger partial charge in [-0.1, -0.05) is 38.1 Å². The number of hydrogen-bond acceptors (Lipinski definition) is 4. The molecular weight excluding hydrogens is 312 g/mol. The van der Waals surface area contributed by atoms with Crippen LogP contribution in [0, 0.1) is 0 Å². The minimum absolute atomic E-state index is 0.0940. The lowest BCUT2D eigenvalue weighted by molar-refractivity contribution is -0.138. The van der Waals surface area contributed by atoms with Crippen molar-refractivity contribution >= 4 is 11.7 Å². The predicted octanol–water partition coefficient (Wildman–Crippen LogP) is 4.57. The molecule has 4 nitrogen and oxygen atoms in total. The highest BCUT2D eigenvalue weighted by Crippen LogP contribution is 2.32. The van der Waals surface area contributed by atoms with Gasteiger partial charge in [-0.05, 0) is 57.6 Å². The molecule has 0 bridgehead atoms. The smallest absolute Gasteiger partial charge is 0.338 e. The summed E-state index contributed by atoms with van der Waals surface area (Å²) in [4.78, 5) is 14.3. The first-order chi connectivity index (χ1) is 12.0. The Morgan fingerprint density at radius 2 is 2.08 bits per heavy atom. The second-order valence-electron chi connectivity index (χ2n) is 6.22. The van der Waals surface area contributed by atoms with Gasteiger partial charge in [-0.15, -0.1) is 0 Å². The largest absolute Gasteiger partial charge is 0.462 e. The van der Waals surface area contributed by atoms with Crippen molar-refractivity contribution in [2.45, 2.75) is 39.7 Å². The molecule has 0 saturated carbocycles. The van der Waals surface area contributed by atoms with Crippen molar-refractivity contribution in [3.63, 3.8) is 0 Å². The number of likely N-dealkylation sites (N-methyl/N-ethyl adjacent to an activating group) is 1. The maximum Gasteiger partial charge on any atom is 0.338 e. The van der Waals surface area contributed by atoms with Crippen LogP contribution in [0.3, 0.4) is 0 Å². The van der Waals surface area contributed by atoms with Gasteiger partial charge in [-0.3, -0.25) is 4.90 Å². The molecule has 1 aromatic rings. The quantitative estimate of drug-likeness (QED) is 0.292. The summed E-state index contributed by atoms with van der Waals surface area (Å²) >= 11 is 0. The van der Waals surface area contributed by atoms with E-state index in [9.17, 15) is 4.79 Å². The molecule has 0 aromatic heterocycles. The normalized spacial score (nSPS) is 12.8. The molecule has 0 fully saturated rings. The van der Waals surface area contributed by atoms with Crippen molar-refractivity contribution in [2.75, 3.05) is 32.6 Å². The Bertz CT molecular complexity index is 606. The van der Waals surface area contributed by atoms with E-state index in [-0.39, 0.29) is 12.0 Å². The second-order valence-corrected chi connectivity index (χ2v) is 6.22. The zero-order chi connectivity index (χ0) is 18.8. The third-order valence-electron chi connectivity index (χ3n) is 4.04. The van der Waals surface area contributed by atoms with Gasteiger partial charge in [0, 0.05) is 12.2 Å². The topological polar surface area (TPSA) is 41.6 Å². The van der Waals surface area contributed by atoms with E-state index >= 15 is 0 Å². The summed E-state index contributed by atoms with van der Waals surface area (Å²) in [5, 5.41) is 3.45. The highest BCUT2D eigenvalue weighted by Gasteiger charge is 2.24. The fraction of sp³-hybridized carbons (Fsp3) is 0.476. The van der Waals surface area contributed by atoms with Crippen LogP contribution in [0.4, 0.5) is 5.69 Å². The number of nitrogens with zero attached hydrogens (tertiary/aromatic N) is 1. The van der Waals surface area contributed by atoms with Gasteiger partial charge < -0.3 is 10.1 Å². The zero-order valence-corrected chi connectivity index (χ0v) is 16.3. The fourth-order valence-corrected chi connectivity index (χ4v) is 2.83. The summed E-state index contributed by atoms with van der Waals surface area (Å²) < 4.78 is 5.17. The Labute approximate surface area is 152 Å². The number of unbranched alkanes of at least 4 members (excludes halogenated alkanes) is 1. The number of benzene rings is 1. The van der Waals surface area contributed by atoms with E-state index in [4.69, 9.17) is 4.74 Å². The first kappa shape index (κ1) is 21.0. The highest BCUT2D eigenvalue weighted by molar-refractivity contribution is 5.93. The molecule has 138 valence electrons. The van der Waals surface area contributed by atoms with E-state index in [1.165, 1.54) is 0 Å². The van der Waals surface area contributed by atoms with E-state index in [2.05, 4.69) is 41.9 Å². The van der Waals surface area contributed by atoms with Gasteiger partial charge in [0.2, 0.25) is 0 Å². The van der Waals surface area contributed by atoms with Crippen LogP contribution in [0.2, 0.25) is 0 Å². The van der Waals surface area contributed by atoms with Gasteiger partial charge in [0.05, 0.1) is 18.2 Å². The number of carbonyl (C=O) groups excluding carboxylic acids is 1. The maximum absolute atomic E-state index is 12.2. The van der Waals surface area contributed by atoms with Crippen molar-refractivity contribution in [2.24, 2.45) is 0 Å². The maximum atomic E-state index is 12.2. The number of anilines is 1. The van der Waals surface area contributed by atoms with Crippen LogP contribution in [0.5, 0.6) is 0 Å². The summed E-state index contributed by atoms with van der Waals surface area (Å²) in [6.07, 6.45) is 4.08. The number of rotatable bonds is 10. The van der Waals surface area contributed by atoms with Gasteiger partial charge >= 0.3 is 5.97 Å². The number of allylic oxidation sites excluding steroid dienone is 1. The average molecular weight is 344 g/mol. The van der Waals surface area contributed by atoms with E-state index in [0.717, 1.165) is 36.2 Å². The Balaban J connectivity index is 3.09. The number of carbonyl (C=O) groups is 1.